The lowest BCUT2D eigenvalue weighted by molar-refractivity contribution is 0.386. The second-order valence-electron chi connectivity index (χ2n) is 5.45. The van der Waals surface area contributed by atoms with Gasteiger partial charge in [-0.05, 0) is 48.5 Å². The lowest BCUT2D eigenvalue weighted by Crippen LogP contribution is -2.12. The first-order chi connectivity index (χ1) is 12.3. The largest absolute Gasteiger partial charge is 0.494 e. The van der Waals surface area contributed by atoms with E-state index in [1.807, 2.05) is 0 Å². The van der Waals surface area contributed by atoms with Crippen LogP contribution in [0.3, 0.4) is 0 Å². The molecule has 0 radical (unpaired) electrons. The van der Waals surface area contributed by atoms with E-state index in [1.165, 1.54) is 54.3 Å². The first-order valence-corrected chi connectivity index (χ1v) is 9.00. The zero-order chi connectivity index (χ0) is 18.9. The third kappa shape index (κ3) is 3.44. The minimum Gasteiger partial charge on any atom is -0.494 e. The summed E-state index contributed by atoms with van der Waals surface area (Å²) in [5, 5.41) is 9.23. The third-order valence-electron chi connectivity index (χ3n) is 3.75. The highest BCUT2D eigenvalue weighted by Gasteiger charge is 2.15. The molecule has 0 saturated heterocycles. The van der Waals surface area contributed by atoms with Crippen LogP contribution in [0, 0.1) is 5.82 Å². The fourth-order valence-electron chi connectivity index (χ4n) is 2.50. The van der Waals surface area contributed by atoms with Crippen LogP contribution in [-0.4, -0.2) is 25.3 Å². The van der Waals surface area contributed by atoms with Crippen molar-refractivity contribution in [2.24, 2.45) is 5.14 Å². The molecule has 9 heteroatoms. The molecule has 0 spiro atoms. The van der Waals surface area contributed by atoms with Crippen LogP contribution in [0.1, 0.15) is 5.69 Å². The van der Waals surface area contributed by atoms with Gasteiger partial charge in [0.05, 0.1) is 29.1 Å². The number of primary sulfonamides is 1. The van der Waals surface area contributed by atoms with Crippen molar-refractivity contribution in [3.63, 3.8) is 0 Å². The molecule has 26 heavy (non-hydrogen) atoms. The monoisotopic (exact) mass is 379 g/mol. The van der Waals surface area contributed by atoms with Crippen LogP contribution >= 0.6 is 0 Å². The average molecular weight is 379 g/mol. The molecule has 3 aromatic rings. The maximum absolute atomic E-state index is 14.0. The highest BCUT2D eigenvalue weighted by atomic mass is 32.2. The van der Waals surface area contributed by atoms with Crippen LogP contribution < -0.4 is 9.88 Å². The summed E-state index contributed by atoms with van der Waals surface area (Å²) in [6, 6.07) is 11.4. The maximum Gasteiger partial charge on any atom is 0.238 e. The maximum atomic E-state index is 14.0. The molecule has 0 aliphatic rings. The number of hydrogen-bond donors (Lipinski definition) is 1. The Morgan fingerprint density at radius 3 is 2.38 bits per heavy atom. The standard InChI is InChI=1S/C17H15F2N3O3S/c1-25-17-7-2-11(8-15(17)19)16-9-12(10-18)21-22(16)13-3-5-14(6-4-13)26(20,23)24/h2-9H,10H2,1H3,(H2,20,23,24). The minimum absolute atomic E-state index is 0.0591. The number of sulfonamides is 1. The Balaban J connectivity index is 2.11. The molecule has 3 rings (SSSR count). The van der Waals surface area contributed by atoms with E-state index in [2.05, 4.69) is 5.10 Å². The molecule has 1 aromatic heterocycles. The van der Waals surface area contributed by atoms with Gasteiger partial charge >= 0.3 is 0 Å². The lowest BCUT2D eigenvalue weighted by Gasteiger charge is -2.09. The molecule has 0 unspecified atom stereocenters. The molecule has 0 saturated carbocycles. The molecule has 0 aliphatic carbocycles. The Morgan fingerprint density at radius 2 is 1.85 bits per heavy atom. The van der Waals surface area contributed by atoms with E-state index in [9.17, 15) is 17.2 Å². The fraction of sp³-hybridized carbons (Fsp3) is 0.118. The van der Waals surface area contributed by atoms with E-state index in [0.717, 1.165) is 0 Å². The third-order valence-corrected chi connectivity index (χ3v) is 4.68. The molecular formula is C17H15F2N3O3S. The number of methoxy groups -OCH3 is 1. The van der Waals surface area contributed by atoms with Crippen LogP contribution in [0.5, 0.6) is 5.75 Å². The second-order valence-corrected chi connectivity index (χ2v) is 7.02. The first kappa shape index (κ1) is 18.0. The number of ether oxygens (including phenoxy) is 1. The van der Waals surface area contributed by atoms with Gasteiger partial charge in [-0.15, -0.1) is 0 Å². The van der Waals surface area contributed by atoms with E-state index < -0.39 is 22.5 Å². The van der Waals surface area contributed by atoms with E-state index in [-0.39, 0.29) is 16.3 Å². The van der Waals surface area contributed by atoms with Crippen molar-refractivity contribution in [3.05, 3.63) is 60.0 Å². The van der Waals surface area contributed by atoms with Gasteiger partial charge < -0.3 is 4.74 Å². The molecule has 0 atom stereocenters. The predicted octanol–water partition coefficient (Wildman–Crippen LogP) is 2.80. The molecule has 0 amide bonds. The lowest BCUT2D eigenvalue weighted by atomic mass is 10.1. The van der Waals surface area contributed by atoms with Gasteiger partial charge in [-0.3, -0.25) is 0 Å². The Hall–Kier alpha value is -2.78. The number of aromatic nitrogens is 2. The van der Waals surface area contributed by atoms with Crippen LogP contribution in [0.15, 0.2) is 53.4 Å². The summed E-state index contributed by atoms with van der Waals surface area (Å²) >= 11 is 0. The Morgan fingerprint density at radius 1 is 1.15 bits per heavy atom. The van der Waals surface area contributed by atoms with Gasteiger partial charge in [-0.25, -0.2) is 27.0 Å². The van der Waals surface area contributed by atoms with Crippen molar-refractivity contribution in [1.29, 1.82) is 0 Å². The van der Waals surface area contributed by atoms with Crippen molar-refractivity contribution < 1.29 is 21.9 Å². The Bertz CT molecular complexity index is 1050. The van der Waals surface area contributed by atoms with Gasteiger partial charge in [0.15, 0.2) is 11.6 Å². The summed E-state index contributed by atoms with van der Waals surface area (Å²) in [6.07, 6.45) is 0. The van der Waals surface area contributed by atoms with Crippen LogP contribution in [0.25, 0.3) is 16.9 Å². The topological polar surface area (TPSA) is 87.2 Å². The molecule has 136 valence electrons. The summed E-state index contributed by atoms with van der Waals surface area (Å²) in [6.45, 7) is -0.798. The molecule has 2 aromatic carbocycles. The van der Waals surface area contributed by atoms with Gasteiger partial charge in [0.2, 0.25) is 10.0 Å². The van der Waals surface area contributed by atoms with E-state index >= 15 is 0 Å². The van der Waals surface area contributed by atoms with E-state index in [1.54, 1.807) is 6.07 Å². The van der Waals surface area contributed by atoms with Crippen LogP contribution in [-0.2, 0) is 16.7 Å². The Labute approximate surface area is 148 Å². The molecule has 2 N–H and O–H groups in total. The molecule has 0 fully saturated rings. The number of nitrogens with two attached hydrogens (primary N) is 1. The first-order valence-electron chi connectivity index (χ1n) is 7.45. The highest BCUT2D eigenvalue weighted by Crippen LogP contribution is 2.28. The number of rotatable bonds is 5. The SMILES string of the molecule is COc1ccc(-c2cc(CF)nn2-c2ccc(S(N)(=O)=O)cc2)cc1F. The summed E-state index contributed by atoms with van der Waals surface area (Å²) in [4.78, 5) is -0.0591. The Kier molecular flexibility index (Phi) is 4.75. The number of nitrogens with zero attached hydrogens (tertiary/aromatic N) is 2. The molecule has 6 nitrogen and oxygen atoms in total. The van der Waals surface area contributed by atoms with Gasteiger partial charge in [-0.1, -0.05) is 0 Å². The van der Waals surface area contributed by atoms with Crippen molar-refractivity contribution in [2.75, 3.05) is 7.11 Å². The quantitative estimate of drug-likeness (QED) is 0.738. The summed E-state index contributed by atoms with van der Waals surface area (Å²) < 4.78 is 56.2. The number of hydrogen-bond acceptors (Lipinski definition) is 4. The number of alkyl halides is 1. The molecule has 0 bridgehead atoms. The zero-order valence-corrected chi connectivity index (χ0v) is 14.5. The van der Waals surface area contributed by atoms with Gasteiger partial charge in [0.25, 0.3) is 0 Å². The van der Waals surface area contributed by atoms with E-state index in [4.69, 9.17) is 9.88 Å². The molecular weight excluding hydrogens is 364 g/mol. The minimum atomic E-state index is -3.83. The smallest absolute Gasteiger partial charge is 0.238 e. The van der Waals surface area contributed by atoms with Crippen molar-refractivity contribution >= 4 is 10.0 Å². The van der Waals surface area contributed by atoms with Crippen LogP contribution in [0.4, 0.5) is 8.78 Å². The van der Waals surface area contributed by atoms with Crippen molar-refractivity contribution in [1.82, 2.24) is 9.78 Å². The van der Waals surface area contributed by atoms with Crippen molar-refractivity contribution in [3.8, 4) is 22.7 Å². The van der Waals surface area contributed by atoms with Gasteiger partial charge in [0.1, 0.15) is 6.67 Å². The molecule has 0 aliphatic heterocycles. The number of halogens is 2. The van der Waals surface area contributed by atoms with Crippen molar-refractivity contribution in [2.45, 2.75) is 11.6 Å². The summed E-state index contributed by atoms with van der Waals surface area (Å²) in [7, 11) is -2.47. The summed E-state index contributed by atoms with van der Waals surface area (Å²) in [5.74, 6) is -0.479. The number of benzene rings is 2. The van der Waals surface area contributed by atoms with Gasteiger partial charge in [0, 0.05) is 5.56 Å². The van der Waals surface area contributed by atoms with Gasteiger partial charge in [-0.2, -0.15) is 5.10 Å². The highest BCUT2D eigenvalue weighted by molar-refractivity contribution is 7.89. The van der Waals surface area contributed by atoms with E-state index in [0.29, 0.717) is 16.9 Å². The van der Waals surface area contributed by atoms with Crippen LogP contribution in [0.2, 0.25) is 0 Å². The summed E-state index contributed by atoms with van der Waals surface area (Å²) in [5.41, 5.74) is 1.55. The normalized spacial score (nSPS) is 11.5. The predicted molar refractivity (Wildman–Crippen MR) is 91.7 cm³/mol. The second kappa shape index (κ2) is 6.85. The average Bonchev–Trinajstić information content (AvgIpc) is 3.05. The fourth-order valence-corrected chi connectivity index (χ4v) is 3.02. The zero-order valence-electron chi connectivity index (χ0n) is 13.7. The molecule has 1 heterocycles.